The third kappa shape index (κ3) is 2.02. The highest BCUT2D eigenvalue weighted by Gasteiger charge is 2.46. The first kappa shape index (κ1) is 9.00. The van der Waals surface area contributed by atoms with Gasteiger partial charge in [-0.15, -0.1) is 0 Å². The standard InChI is InChI=1S/C10H16O3/c1-6(2)12-10(11)7-3-4-8-9(5-7)13-8/h6-9H,3-5H2,1-2H3. The van der Waals surface area contributed by atoms with E-state index in [2.05, 4.69) is 0 Å². The number of carbonyl (C=O) groups is 1. The smallest absolute Gasteiger partial charge is 0.309 e. The molecule has 0 aromatic carbocycles. The highest BCUT2D eigenvalue weighted by molar-refractivity contribution is 5.72. The maximum absolute atomic E-state index is 11.5. The van der Waals surface area contributed by atoms with Crippen LogP contribution < -0.4 is 0 Å². The van der Waals surface area contributed by atoms with E-state index < -0.39 is 0 Å². The normalized spacial score (nSPS) is 37.0. The Morgan fingerprint density at radius 2 is 2.15 bits per heavy atom. The summed E-state index contributed by atoms with van der Waals surface area (Å²) >= 11 is 0. The summed E-state index contributed by atoms with van der Waals surface area (Å²) in [6.45, 7) is 3.77. The Labute approximate surface area is 78.4 Å². The van der Waals surface area contributed by atoms with Gasteiger partial charge < -0.3 is 9.47 Å². The topological polar surface area (TPSA) is 38.8 Å². The van der Waals surface area contributed by atoms with Crippen LogP contribution in [0.15, 0.2) is 0 Å². The van der Waals surface area contributed by atoms with Gasteiger partial charge >= 0.3 is 5.97 Å². The van der Waals surface area contributed by atoms with E-state index in [9.17, 15) is 4.79 Å². The summed E-state index contributed by atoms with van der Waals surface area (Å²) in [7, 11) is 0. The molecule has 3 unspecified atom stereocenters. The first-order valence-electron chi connectivity index (χ1n) is 5.03. The average molecular weight is 184 g/mol. The largest absolute Gasteiger partial charge is 0.463 e. The maximum atomic E-state index is 11.5. The van der Waals surface area contributed by atoms with Gasteiger partial charge in [-0.3, -0.25) is 4.79 Å². The van der Waals surface area contributed by atoms with Crippen LogP contribution in [-0.2, 0) is 14.3 Å². The van der Waals surface area contributed by atoms with Gasteiger partial charge in [0.15, 0.2) is 0 Å². The van der Waals surface area contributed by atoms with Crippen LogP contribution in [0.1, 0.15) is 33.1 Å². The first-order chi connectivity index (χ1) is 6.16. The summed E-state index contributed by atoms with van der Waals surface area (Å²) in [4.78, 5) is 11.5. The monoisotopic (exact) mass is 184 g/mol. The van der Waals surface area contributed by atoms with Gasteiger partial charge in [0.05, 0.1) is 24.2 Å². The summed E-state index contributed by atoms with van der Waals surface area (Å²) in [6.07, 6.45) is 3.66. The number of epoxide rings is 1. The van der Waals surface area contributed by atoms with E-state index in [0.29, 0.717) is 12.2 Å². The van der Waals surface area contributed by atoms with Crippen molar-refractivity contribution in [1.29, 1.82) is 0 Å². The molecule has 0 spiro atoms. The number of hydrogen-bond acceptors (Lipinski definition) is 3. The molecule has 1 aliphatic carbocycles. The van der Waals surface area contributed by atoms with E-state index in [4.69, 9.17) is 9.47 Å². The minimum Gasteiger partial charge on any atom is -0.463 e. The Bertz CT molecular complexity index is 212. The highest BCUT2D eigenvalue weighted by Crippen LogP contribution is 2.39. The van der Waals surface area contributed by atoms with E-state index in [1.807, 2.05) is 13.8 Å². The predicted molar refractivity (Wildman–Crippen MR) is 47.2 cm³/mol. The molecule has 3 nitrogen and oxygen atoms in total. The third-order valence-corrected chi connectivity index (χ3v) is 2.69. The number of carbonyl (C=O) groups excluding carboxylic acids is 1. The van der Waals surface area contributed by atoms with Crippen molar-refractivity contribution in [3.8, 4) is 0 Å². The van der Waals surface area contributed by atoms with Gasteiger partial charge in [-0.1, -0.05) is 0 Å². The Morgan fingerprint density at radius 1 is 1.38 bits per heavy atom. The molecule has 2 rings (SSSR count). The van der Waals surface area contributed by atoms with Crippen LogP contribution in [0.5, 0.6) is 0 Å². The molecule has 1 heterocycles. The van der Waals surface area contributed by atoms with Gasteiger partial charge in [-0.2, -0.15) is 0 Å². The van der Waals surface area contributed by atoms with E-state index in [1.54, 1.807) is 0 Å². The average Bonchev–Trinajstić information content (AvgIpc) is 2.79. The van der Waals surface area contributed by atoms with Gasteiger partial charge in [0.25, 0.3) is 0 Å². The zero-order valence-corrected chi connectivity index (χ0v) is 8.16. The van der Waals surface area contributed by atoms with Crippen LogP contribution in [0.3, 0.4) is 0 Å². The van der Waals surface area contributed by atoms with Crippen molar-refractivity contribution in [1.82, 2.24) is 0 Å². The lowest BCUT2D eigenvalue weighted by molar-refractivity contribution is -0.153. The van der Waals surface area contributed by atoms with Crippen molar-refractivity contribution in [2.75, 3.05) is 0 Å². The minimum atomic E-state index is -0.0380. The van der Waals surface area contributed by atoms with Crippen molar-refractivity contribution < 1.29 is 14.3 Å². The minimum absolute atomic E-state index is 0.00495. The predicted octanol–water partition coefficient (Wildman–Crippen LogP) is 1.51. The van der Waals surface area contributed by atoms with Crippen LogP contribution in [0.4, 0.5) is 0 Å². The lowest BCUT2D eigenvalue weighted by Crippen LogP contribution is -2.25. The van der Waals surface area contributed by atoms with Crippen molar-refractivity contribution >= 4 is 5.97 Å². The van der Waals surface area contributed by atoms with Crippen LogP contribution in [0.25, 0.3) is 0 Å². The molecule has 3 atom stereocenters. The zero-order valence-electron chi connectivity index (χ0n) is 8.16. The van der Waals surface area contributed by atoms with E-state index in [1.165, 1.54) is 0 Å². The molecule has 3 heteroatoms. The lowest BCUT2D eigenvalue weighted by atomic mass is 9.89. The fraction of sp³-hybridized carbons (Fsp3) is 0.900. The van der Waals surface area contributed by atoms with Gasteiger partial charge in [-0.05, 0) is 33.1 Å². The number of ether oxygens (including phenoxy) is 2. The Morgan fingerprint density at radius 3 is 2.77 bits per heavy atom. The molecule has 0 bridgehead atoms. The summed E-state index contributed by atoms with van der Waals surface area (Å²) in [5.74, 6) is 0.0510. The van der Waals surface area contributed by atoms with E-state index in [0.717, 1.165) is 19.3 Å². The molecular formula is C10H16O3. The fourth-order valence-electron chi connectivity index (χ4n) is 1.95. The molecule has 13 heavy (non-hydrogen) atoms. The molecule has 2 aliphatic rings. The molecule has 1 aliphatic heterocycles. The van der Waals surface area contributed by atoms with Crippen molar-refractivity contribution in [3.05, 3.63) is 0 Å². The van der Waals surface area contributed by atoms with Gasteiger partial charge in [-0.25, -0.2) is 0 Å². The maximum Gasteiger partial charge on any atom is 0.309 e. The highest BCUT2D eigenvalue weighted by atomic mass is 16.6. The van der Waals surface area contributed by atoms with Gasteiger partial charge in [0.1, 0.15) is 0 Å². The van der Waals surface area contributed by atoms with Crippen molar-refractivity contribution in [2.24, 2.45) is 5.92 Å². The zero-order chi connectivity index (χ0) is 9.42. The molecule has 2 fully saturated rings. The molecule has 74 valence electrons. The Kier molecular flexibility index (Phi) is 2.28. The molecule has 0 aromatic rings. The number of esters is 1. The second kappa shape index (κ2) is 3.29. The molecular weight excluding hydrogens is 168 g/mol. The number of rotatable bonds is 2. The number of hydrogen-bond donors (Lipinski definition) is 0. The summed E-state index contributed by atoms with van der Waals surface area (Å²) in [5, 5.41) is 0. The second-order valence-corrected chi connectivity index (χ2v) is 4.21. The van der Waals surface area contributed by atoms with Crippen LogP contribution in [0.2, 0.25) is 0 Å². The first-order valence-corrected chi connectivity index (χ1v) is 5.03. The molecule has 0 N–H and O–H groups in total. The van der Waals surface area contributed by atoms with Gasteiger partial charge in [0, 0.05) is 0 Å². The molecule has 0 amide bonds. The van der Waals surface area contributed by atoms with Crippen molar-refractivity contribution in [3.63, 3.8) is 0 Å². The van der Waals surface area contributed by atoms with Crippen LogP contribution >= 0.6 is 0 Å². The summed E-state index contributed by atoms with van der Waals surface area (Å²) in [6, 6.07) is 0. The Balaban J connectivity index is 1.82. The van der Waals surface area contributed by atoms with Gasteiger partial charge in [0.2, 0.25) is 0 Å². The molecule has 1 saturated heterocycles. The Hall–Kier alpha value is -0.570. The summed E-state index contributed by atoms with van der Waals surface area (Å²) in [5.41, 5.74) is 0. The molecule has 1 saturated carbocycles. The molecule has 0 aromatic heterocycles. The third-order valence-electron chi connectivity index (χ3n) is 2.69. The summed E-state index contributed by atoms with van der Waals surface area (Å²) < 4.78 is 10.5. The van der Waals surface area contributed by atoms with E-state index >= 15 is 0 Å². The second-order valence-electron chi connectivity index (χ2n) is 4.21. The van der Waals surface area contributed by atoms with Crippen LogP contribution in [-0.4, -0.2) is 24.3 Å². The van der Waals surface area contributed by atoms with Crippen LogP contribution in [0, 0.1) is 5.92 Å². The fourth-order valence-corrected chi connectivity index (χ4v) is 1.95. The SMILES string of the molecule is CC(C)OC(=O)C1CCC2OC2C1. The van der Waals surface area contributed by atoms with Crippen molar-refractivity contribution in [2.45, 2.75) is 51.4 Å². The number of fused-ring (bicyclic) bond motifs is 1. The molecule has 0 radical (unpaired) electrons. The van der Waals surface area contributed by atoms with E-state index in [-0.39, 0.29) is 18.0 Å². The quantitative estimate of drug-likeness (QED) is 0.482. The lowest BCUT2D eigenvalue weighted by Gasteiger charge is -2.18.